The van der Waals surface area contributed by atoms with E-state index in [4.69, 9.17) is 0 Å². The zero-order valence-electron chi connectivity index (χ0n) is 15.7. The minimum absolute atomic E-state index is 0.268. The first-order chi connectivity index (χ1) is 13.6. The maximum Gasteiger partial charge on any atom is 0.274 e. The number of nitrogens with zero attached hydrogens (tertiary/aromatic N) is 2. The number of carbonyl (C=O) groups excluding carboxylic acids is 1. The molecule has 0 aliphatic rings. The van der Waals surface area contributed by atoms with Crippen LogP contribution in [-0.4, -0.2) is 15.9 Å². The molecule has 2 aromatic carbocycles. The minimum Gasteiger partial charge on any atom is -0.354 e. The standard InChI is InChI=1S/C23H20N4O/c1-15-8-9-18(13-16(15)2)26-19-10-11-21(25-14-19)23(28)27-20-7-3-5-17-6-4-12-24-22(17)20/h3-14,26H,1-2H3,(H,27,28). The SMILES string of the molecule is Cc1ccc(Nc2ccc(C(=O)Nc3cccc4cccnc34)nc2)cc1C. The highest BCUT2D eigenvalue weighted by Crippen LogP contribution is 2.22. The fourth-order valence-electron chi connectivity index (χ4n) is 2.98. The smallest absolute Gasteiger partial charge is 0.274 e. The number of benzene rings is 2. The molecule has 1 amide bonds. The summed E-state index contributed by atoms with van der Waals surface area (Å²) >= 11 is 0. The van der Waals surface area contributed by atoms with Crippen LogP contribution < -0.4 is 10.6 Å². The molecule has 0 radical (unpaired) electrons. The molecular formula is C23H20N4O. The van der Waals surface area contributed by atoms with E-state index in [0.29, 0.717) is 11.4 Å². The van der Waals surface area contributed by atoms with Gasteiger partial charge in [0.2, 0.25) is 0 Å². The lowest BCUT2D eigenvalue weighted by atomic mass is 10.1. The van der Waals surface area contributed by atoms with Gasteiger partial charge in [-0.3, -0.25) is 9.78 Å². The predicted octanol–water partition coefficient (Wildman–Crippen LogP) is 5.24. The molecule has 2 heterocycles. The Morgan fingerprint density at radius 3 is 2.46 bits per heavy atom. The van der Waals surface area contributed by atoms with E-state index in [9.17, 15) is 4.79 Å². The molecule has 0 saturated carbocycles. The van der Waals surface area contributed by atoms with Gasteiger partial charge in [-0.05, 0) is 61.4 Å². The Labute approximate surface area is 163 Å². The summed E-state index contributed by atoms with van der Waals surface area (Å²) in [5.41, 5.74) is 6.05. The summed E-state index contributed by atoms with van der Waals surface area (Å²) in [7, 11) is 0. The van der Waals surface area contributed by atoms with E-state index in [2.05, 4.69) is 46.6 Å². The van der Waals surface area contributed by atoms with Gasteiger partial charge in [-0.25, -0.2) is 4.98 Å². The molecule has 0 saturated heterocycles. The lowest BCUT2D eigenvalue weighted by molar-refractivity contribution is 0.102. The van der Waals surface area contributed by atoms with Crippen molar-refractivity contribution in [3.63, 3.8) is 0 Å². The summed E-state index contributed by atoms with van der Waals surface area (Å²) < 4.78 is 0. The van der Waals surface area contributed by atoms with Crippen LogP contribution in [0.25, 0.3) is 10.9 Å². The van der Waals surface area contributed by atoms with Crippen molar-refractivity contribution in [3.8, 4) is 0 Å². The fourth-order valence-corrected chi connectivity index (χ4v) is 2.98. The van der Waals surface area contributed by atoms with Crippen LogP contribution in [0.4, 0.5) is 17.1 Å². The van der Waals surface area contributed by atoms with E-state index in [1.165, 1.54) is 11.1 Å². The largest absolute Gasteiger partial charge is 0.354 e. The summed E-state index contributed by atoms with van der Waals surface area (Å²) in [5.74, 6) is -0.268. The average Bonchev–Trinajstić information content (AvgIpc) is 2.71. The number of nitrogens with one attached hydrogen (secondary N) is 2. The third-order valence-corrected chi connectivity index (χ3v) is 4.67. The molecule has 0 unspecified atom stereocenters. The molecule has 0 bridgehead atoms. The van der Waals surface area contributed by atoms with Gasteiger partial charge in [0.1, 0.15) is 5.69 Å². The average molecular weight is 368 g/mol. The van der Waals surface area contributed by atoms with Crippen molar-refractivity contribution in [3.05, 3.63) is 89.9 Å². The van der Waals surface area contributed by atoms with Crippen molar-refractivity contribution in [2.24, 2.45) is 0 Å². The first kappa shape index (κ1) is 17.7. The molecule has 2 aromatic heterocycles. The lowest BCUT2D eigenvalue weighted by Crippen LogP contribution is -2.14. The first-order valence-electron chi connectivity index (χ1n) is 9.05. The molecule has 5 heteroatoms. The van der Waals surface area contributed by atoms with Gasteiger partial charge in [-0.2, -0.15) is 0 Å². The van der Waals surface area contributed by atoms with Gasteiger partial charge in [0.25, 0.3) is 5.91 Å². The molecule has 0 fully saturated rings. The zero-order valence-corrected chi connectivity index (χ0v) is 15.7. The maximum absolute atomic E-state index is 12.6. The second kappa shape index (κ2) is 7.48. The van der Waals surface area contributed by atoms with Crippen LogP contribution in [0.2, 0.25) is 0 Å². The first-order valence-corrected chi connectivity index (χ1v) is 9.05. The number of pyridine rings is 2. The van der Waals surface area contributed by atoms with E-state index in [1.807, 2.05) is 42.5 Å². The van der Waals surface area contributed by atoms with Crippen LogP contribution in [0.15, 0.2) is 73.1 Å². The second-order valence-electron chi connectivity index (χ2n) is 6.69. The highest BCUT2D eigenvalue weighted by molar-refractivity contribution is 6.07. The van der Waals surface area contributed by atoms with Gasteiger partial charge in [0, 0.05) is 17.3 Å². The van der Waals surface area contributed by atoms with Crippen molar-refractivity contribution in [2.75, 3.05) is 10.6 Å². The highest BCUT2D eigenvalue weighted by atomic mass is 16.1. The second-order valence-corrected chi connectivity index (χ2v) is 6.69. The van der Waals surface area contributed by atoms with Crippen LogP contribution >= 0.6 is 0 Å². The number of hydrogen-bond acceptors (Lipinski definition) is 4. The van der Waals surface area contributed by atoms with Gasteiger partial charge in [-0.15, -0.1) is 0 Å². The van der Waals surface area contributed by atoms with Gasteiger partial charge in [-0.1, -0.05) is 24.3 Å². The van der Waals surface area contributed by atoms with Crippen LogP contribution in [0, 0.1) is 13.8 Å². The molecule has 0 spiro atoms. The molecular weight excluding hydrogens is 348 g/mol. The summed E-state index contributed by atoms with van der Waals surface area (Å²) in [4.78, 5) is 21.2. The van der Waals surface area contributed by atoms with E-state index >= 15 is 0 Å². The quantitative estimate of drug-likeness (QED) is 0.517. The van der Waals surface area contributed by atoms with Crippen molar-refractivity contribution in [2.45, 2.75) is 13.8 Å². The molecule has 5 nitrogen and oxygen atoms in total. The summed E-state index contributed by atoms with van der Waals surface area (Å²) in [6.45, 7) is 4.16. The van der Waals surface area contributed by atoms with Crippen LogP contribution in [0.5, 0.6) is 0 Å². The number of aromatic nitrogens is 2. The highest BCUT2D eigenvalue weighted by Gasteiger charge is 2.10. The Morgan fingerprint density at radius 2 is 1.68 bits per heavy atom. The topological polar surface area (TPSA) is 66.9 Å². The number of anilines is 3. The Balaban J connectivity index is 1.50. The van der Waals surface area contributed by atoms with E-state index in [1.54, 1.807) is 18.5 Å². The van der Waals surface area contributed by atoms with Crippen molar-refractivity contribution < 1.29 is 4.79 Å². The molecule has 0 atom stereocenters. The molecule has 0 aliphatic heterocycles. The van der Waals surface area contributed by atoms with Gasteiger partial charge < -0.3 is 10.6 Å². The Kier molecular flexibility index (Phi) is 4.72. The molecule has 2 N–H and O–H groups in total. The van der Waals surface area contributed by atoms with Gasteiger partial charge in [0.05, 0.1) is 23.1 Å². The summed E-state index contributed by atoms with van der Waals surface area (Å²) in [5, 5.41) is 7.18. The van der Waals surface area contributed by atoms with Gasteiger partial charge in [0.15, 0.2) is 0 Å². The maximum atomic E-state index is 12.6. The van der Waals surface area contributed by atoms with Crippen molar-refractivity contribution in [1.29, 1.82) is 0 Å². The third-order valence-electron chi connectivity index (χ3n) is 4.67. The van der Waals surface area contributed by atoms with Crippen LogP contribution in [-0.2, 0) is 0 Å². The third kappa shape index (κ3) is 3.69. The van der Waals surface area contributed by atoms with Crippen molar-refractivity contribution in [1.82, 2.24) is 9.97 Å². The molecule has 0 aliphatic carbocycles. The predicted molar refractivity (Wildman–Crippen MR) is 113 cm³/mol. The molecule has 4 rings (SSSR count). The molecule has 138 valence electrons. The number of amides is 1. The number of carbonyl (C=O) groups is 1. The molecule has 28 heavy (non-hydrogen) atoms. The Morgan fingerprint density at radius 1 is 0.857 bits per heavy atom. The normalized spacial score (nSPS) is 10.6. The van der Waals surface area contributed by atoms with E-state index in [-0.39, 0.29) is 5.91 Å². The van der Waals surface area contributed by atoms with Gasteiger partial charge >= 0.3 is 0 Å². The number of fused-ring (bicyclic) bond motifs is 1. The fraction of sp³-hybridized carbons (Fsp3) is 0.0870. The Bertz CT molecular complexity index is 1150. The minimum atomic E-state index is -0.268. The summed E-state index contributed by atoms with van der Waals surface area (Å²) in [6.07, 6.45) is 3.37. The zero-order chi connectivity index (χ0) is 19.5. The van der Waals surface area contributed by atoms with Crippen LogP contribution in [0.1, 0.15) is 21.6 Å². The van der Waals surface area contributed by atoms with Crippen LogP contribution in [0.3, 0.4) is 0 Å². The van der Waals surface area contributed by atoms with Crippen molar-refractivity contribution >= 4 is 33.9 Å². The molecule has 4 aromatic rings. The lowest BCUT2D eigenvalue weighted by Gasteiger charge is -2.10. The number of aryl methyl sites for hydroxylation is 2. The number of hydrogen-bond donors (Lipinski definition) is 2. The number of rotatable bonds is 4. The van der Waals surface area contributed by atoms with E-state index in [0.717, 1.165) is 22.3 Å². The number of para-hydroxylation sites is 1. The monoisotopic (exact) mass is 368 g/mol. The Hall–Kier alpha value is -3.73. The summed E-state index contributed by atoms with van der Waals surface area (Å²) in [6, 6.07) is 19.3. The van der Waals surface area contributed by atoms with E-state index < -0.39 is 0 Å².